The van der Waals surface area contributed by atoms with Crippen molar-refractivity contribution >= 4 is 23.7 Å². The van der Waals surface area contributed by atoms with Crippen molar-refractivity contribution in [3.8, 4) is 0 Å². The lowest BCUT2D eigenvalue weighted by atomic mass is 9.96. The number of esters is 1. The first kappa shape index (κ1) is 34.3. The Morgan fingerprint density at radius 2 is 1.58 bits per heavy atom. The molecule has 9 heteroatoms. The van der Waals surface area contributed by atoms with Crippen LogP contribution in [0.4, 0.5) is 0 Å². The van der Waals surface area contributed by atoms with Crippen LogP contribution in [-0.4, -0.2) is 89.7 Å². The van der Waals surface area contributed by atoms with E-state index in [4.69, 9.17) is 4.74 Å². The van der Waals surface area contributed by atoms with Crippen molar-refractivity contribution in [1.82, 2.24) is 20.0 Å². The fourth-order valence-corrected chi connectivity index (χ4v) is 6.14. The van der Waals surface area contributed by atoms with Gasteiger partial charge in [-0.25, -0.2) is 4.79 Å². The summed E-state index contributed by atoms with van der Waals surface area (Å²) in [5.74, 6) is -1.03. The van der Waals surface area contributed by atoms with Crippen molar-refractivity contribution in [2.24, 2.45) is 11.8 Å². The van der Waals surface area contributed by atoms with Crippen molar-refractivity contribution in [3.05, 3.63) is 47.5 Å². The first-order chi connectivity index (χ1) is 20.3. The Balaban J connectivity index is 1.72. The molecule has 0 unspecified atom stereocenters. The number of hydrogen-bond acceptors (Lipinski definition) is 6. The molecule has 3 rings (SSSR count). The minimum absolute atomic E-state index is 0.00996. The quantitative estimate of drug-likeness (QED) is 0.302. The van der Waals surface area contributed by atoms with E-state index in [1.54, 1.807) is 23.8 Å². The molecule has 0 aliphatic carbocycles. The molecular weight excluding hydrogens is 544 g/mol. The van der Waals surface area contributed by atoms with Gasteiger partial charge in [0.05, 0.1) is 12.1 Å². The largest absolute Gasteiger partial charge is 0.456 e. The van der Waals surface area contributed by atoms with E-state index in [-0.39, 0.29) is 41.6 Å². The molecule has 2 fully saturated rings. The molecule has 9 nitrogen and oxygen atoms in total. The standard InChI is InChI=1S/C34H52N4O5/c1-22(2)29(37(8)33(41)30(23(3)4)35-31(39)27-17-12-13-19-36(27)7)21-24(5)32(40)38-20-14-18-28(38)34(42)43-25(6)26-15-10-9-11-16-26/h9-11,15-16,21-23,25,27-30H,12-14,17-20H2,1-8H3,(H,35,39)/t25-,27+,28-,29+,30-/m0/s1. The molecule has 0 aromatic heterocycles. The van der Waals surface area contributed by atoms with Gasteiger partial charge in [-0.15, -0.1) is 0 Å². The van der Waals surface area contributed by atoms with Gasteiger partial charge in [0.1, 0.15) is 18.2 Å². The zero-order valence-electron chi connectivity index (χ0n) is 27.3. The third-order valence-corrected chi connectivity index (χ3v) is 8.89. The highest BCUT2D eigenvalue weighted by Crippen LogP contribution is 2.26. The lowest BCUT2D eigenvalue weighted by Gasteiger charge is -2.36. The Kier molecular flexibility index (Phi) is 12.4. The van der Waals surface area contributed by atoms with Gasteiger partial charge >= 0.3 is 5.97 Å². The third-order valence-electron chi connectivity index (χ3n) is 8.89. The van der Waals surface area contributed by atoms with Crippen LogP contribution in [0, 0.1) is 11.8 Å². The summed E-state index contributed by atoms with van der Waals surface area (Å²) in [6, 6.07) is 7.61. The van der Waals surface area contributed by atoms with E-state index < -0.39 is 24.2 Å². The number of nitrogens with zero attached hydrogens (tertiary/aromatic N) is 3. The average Bonchev–Trinajstić information content (AvgIpc) is 3.48. The van der Waals surface area contributed by atoms with E-state index in [2.05, 4.69) is 10.2 Å². The first-order valence-corrected chi connectivity index (χ1v) is 15.9. The van der Waals surface area contributed by atoms with Gasteiger partial charge in [0.2, 0.25) is 17.7 Å². The van der Waals surface area contributed by atoms with E-state index in [1.807, 2.05) is 78.1 Å². The van der Waals surface area contributed by atoms with Crippen LogP contribution in [0.3, 0.4) is 0 Å². The van der Waals surface area contributed by atoms with Crippen molar-refractivity contribution < 1.29 is 23.9 Å². The van der Waals surface area contributed by atoms with E-state index in [9.17, 15) is 19.2 Å². The van der Waals surface area contributed by atoms with Crippen LogP contribution in [0.15, 0.2) is 42.0 Å². The molecule has 0 saturated carbocycles. The molecule has 2 aliphatic rings. The van der Waals surface area contributed by atoms with E-state index in [1.165, 1.54) is 0 Å². The second kappa shape index (κ2) is 15.5. The SMILES string of the molecule is CC(=C[C@H](C(C)C)N(C)C(=O)[C@@H](NC(=O)[C@H]1CCCCN1C)C(C)C)C(=O)N1CCC[C@H]1C(=O)O[C@@H](C)c1ccccc1. The molecule has 1 aromatic rings. The third kappa shape index (κ3) is 8.68. The zero-order valence-corrected chi connectivity index (χ0v) is 27.3. The highest BCUT2D eigenvalue weighted by molar-refractivity contribution is 5.96. The van der Waals surface area contributed by atoms with E-state index >= 15 is 0 Å². The number of carbonyl (C=O) groups is 4. The number of benzene rings is 1. The van der Waals surface area contributed by atoms with Gasteiger partial charge in [0.15, 0.2) is 0 Å². The molecule has 0 radical (unpaired) electrons. The number of likely N-dealkylation sites (N-methyl/N-ethyl adjacent to an activating group) is 2. The minimum atomic E-state index is -0.678. The first-order valence-electron chi connectivity index (χ1n) is 15.9. The van der Waals surface area contributed by atoms with Crippen LogP contribution >= 0.6 is 0 Å². The number of likely N-dealkylation sites (tertiary alicyclic amines) is 2. The van der Waals surface area contributed by atoms with Gasteiger partial charge in [-0.1, -0.05) is 70.5 Å². The maximum atomic E-state index is 13.8. The number of nitrogens with one attached hydrogen (secondary N) is 1. The number of carbonyl (C=O) groups excluding carboxylic acids is 4. The van der Waals surface area contributed by atoms with Crippen LogP contribution in [0.2, 0.25) is 0 Å². The summed E-state index contributed by atoms with van der Waals surface area (Å²) in [4.78, 5) is 59.1. The predicted octanol–water partition coefficient (Wildman–Crippen LogP) is 4.34. The van der Waals surface area contributed by atoms with Gasteiger partial charge in [0.25, 0.3) is 0 Å². The predicted molar refractivity (Wildman–Crippen MR) is 168 cm³/mol. The fraction of sp³-hybridized carbons (Fsp3) is 0.647. The number of amides is 3. The van der Waals surface area contributed by atoms with E-state index in [0.717, 1.165) is 37.8 Å². The molecule has 2 heterocycles. The van der Waals surface area contributed by atoms with Crippen LogP contribution in [0.5, 0.6) is 0 Å². The maximum absolute atomic E-state index is 13.8. The number of ether oxygens (including phenoxy) is 1. The van der Waals surface area contributed by atoms with Gasteiger partial charge in [-0.3, -0.25) is 19.3 Å². The average molecular weight is 597 g/mol. The Morgan fingerprint density at radius 1 is 0.930 bits per heavy atom. The van der Waals surface area contributed by atoms with Crippen LogP contribution < -0.4 is 5.32 Å². The zero-order chi connectivity index (χ0) is 31.8. The lowest BCUT2D eigenvalue weighted by Crippen LogP contribution is -2.57. The van der Waals surface area contributed by atoms with Crippen LogP contribution in [-0.2, 0) is 23.9 Å². The Labute approximate surface area is 258 Å². The second-order valence-corrected chi connectivity index (χ2v) is 12.9. The molecule has 238 valence electrons. The molecule has 1 aromatic carbocycles. The molecule has 0 bridgehead atoms. The summed E-state index contributed by atoms with van der Waals surface area (Å²) in [6.45, 7) is 12.8. The summed E-state index contributed by atoms with van der Waals surface area (Å²) in [6.07, 6.45) is 5.53. The van der Waals surface area contributed by atoms with Crippen molar-refractivity contribution in [3.63, 3.8) is 0 Å². The van der Waals surface area contributed by atoms with Crippen LogP contribution in [0.25, 0.3) is 0 Å². The van der Waals surface area contributed by atoms with Crippen molar-refractivity contribution in [1.29, 1.82) is 0 Å². The minimum Gasteiger partial charge on any atom is -0.456 e. The monoisotopic (exact) mass is 596 g/mol. The summed E-state index contributed by atoms with van der Waals surface area (Å²) in [5, 5.41) is 3.04. The van der Waals surface area contributed by atoms with Gasteiger partial charge < -0.3 is 19.9 Å². The van der Waals surface area contributed by atoms with E-state index in [0.29, 0.717) is 18.5 Å². The Morgan fingerprint density at radius 3 is 2.19 bits per heavy atom. The number of rotatable bonds is 11. The summed E-state index contributed by atoms with van der Waals surface area (Å²) < 4.78 is 5.76. The summed E-state index contributed by atoms with van der Waals surface area (Å²) in [5.41, 5.74) is 1.38. The Bertz CT molecular complexity index is 1150. The molecule has 5 atom stereocenters. The molecule has 1 N–H and O–H groups in total. The smallest absolute Gasteiger partial charge is 0.329 e. The topological polar surface area (TPSA) is 99.3 Å². The highest BCUT2D eigenvalue weighted by Gasteiger charge is 2.38. The molecule has 3 amide bonds. The van der Waals surface area contributed by atoms with Gasteiger partial charge in [0, 0.05) is 19.2 Å². The van der Waals surface area contributed by atoms with Crippen molar-refractivity contribution in [2.75, 3.05) is 27.2 Å². The fourth-order valence-electron chi connectivity index (χ4n) is 6.14. The highest BCUT2D eigenvalue weighted by atomic mass is 16.5. The Hall–Kier alpha value is -3.20. The molecule has 0 spiro atoms. The molecule has 2 saturated heterocycles. The molecule has 43 heavy (non-hydrogen) atoms. The number of hydrogen-bond donors (Lipinski definition) is 1. The van der Waals surface area contributed by atoms with Gasteiger partial charge in [-0.2, -0.15) is 0 Å². The summed E-state index contributed by atoms with van der Waals surface area (Å²) >= 11 is 0. The number of piperidine rings is 1. The normalized spacial score (nSPS) is 21.8. The molecule has 2 aliphatic heterocycles. The maximum Gasteiger partial charge on any atom is 0.329 e. The van der Waals surface area contributed by atoms with Gasteiger partial charge in [-0.05, 0) is 70.5 Å². The van der Waals surface area contributed by atoms with Crippen molar-refractivity contribution in [2.45, 2.75) is 104 Å². The molecular formula is C34H52N4O5. The lowest BCUT2D eigenvalue weighted by molar-refractivity contribution is -0.156. The van der Waals surface area contributed by atoms with Crippen LogP contribution in [0.1, 0.15) is 85.3 Å². The second-order valence-electron chi connectivity index (χ2n) is 12.9. The summed E-state index contributed by atoms with van der Waals surface area (Å²) in [7, 11) is 3.69.